The van der Waals surface area contributed by atoms with E-state index in [1.54, 1.807) is 30.3 Å². The van der Waals surface area contributed by atoms with Gasteiger partial charge < -0.3 is 4.74 Å². The summed E-state index contributed by atoms with van der Waals surface area (Å²) in [5.74, 6) is 0.406. The van der Waals surface area contributed by atoms with Crippen molar-refractivity contribution in [1.29, 1.82) is 0 Å². The Kier molecular flexibility index (Phi) is 5.77. The number of aromatic nitrogens is 2. The van der Waals surface area contributed by atoms with Gasteiger partial charge in [0.25, 0.3) is 15.7 Å². The topological polar surface area (TPSA) is 124 Å². The van der Waals surface area contributed by atoms with E-state index in [-0.39, 0.29) is 22.4 Å². The van der Waals surface area contributed by atoms with Gasteiger partial charge in [0.2, 0.25) is 11.8 Å². The van der Waals surface area contributed by atoms with Crippen molar-refractivity contribution in [3.8, 4) is 22.9 Å². The van der Waals surface area contributed by atoms with E-state index >= 15 is 0 Å². The summed E-state index contributed by atoms with van der Waals surface area (Å²) in [4.78, 5) is 18.5. The van der Waals surface area contributed by atoms with Crippen LogP contribution in [0.25, 0.3) is 11.3 Å². The molecule has 0 amide bonds. The molecule has 3 aromatic carbocycles. The number of anilines is 1. The first-order chi connectivity index (χ1) is 15.4. The molecule has 0 aliphatic rings. The quantitative estimate of drug-likeness (QED) is 0.322. The molecule has 32 heavy (non-hydrogen) atoms. The van der Waals surface area contributed by atoms with Crippen LogP contribution in [0.4, 0.5) is 11.6 Å². The molecule has 0 spiro atoms. The minimum Gasteiger partial charge on any atom is -0.439 e. The lowest BCUT2D eigenvalue weighted by Crippen LogP contribution is -2.15. The van der Waals surface area contributed by atoms with Gasteiger partial charge in [-0.25, -0.2) is 18.1 Å². The number of hydrogen-bond donors (Lipinski definition) is 1. The number of hydrogen-bond acceptors (Lipinski definition) is 7. The number of para-hydroxylation sites is 1. The predicted molar refractivity (Wildman–Crippen MR) is 118 cm³/mol. The molecular weight excluding hydrogens is 432 g/mol. The minimum atomic E-state index is -4.19. The van der Waals surface area contributed by atoms with Gasteiger partial charge in [0, 0.05) is 23.8 Å². The molecule has 0 aliphatic carbocycles. The lowest BCUT2D eigenvalue weighted by Gasteiger charge is -2.11. The highest BCUT2D eigenvalue weighted by Gasteiger charge is 2.20. The van der Waals surface area contributed by atoms with E-state index < -0.39 is 14.9 Å². The van der Waals surface area contributed by atoms with Gasteiger partial charge in [-0.3, -0.25) is 10.1 Å². The van der Waals surface area contributed by atoms with E-state index in [2.05, 4.69) is 14.7 Å². The number of nitrogens with one attached hydrogen (secondary N) is 1. The molecule has 10 heteroatoms. The number of benzene rings is 3. The smallest absolute Gasteiger partial charge is 0.270 e. The summed E-state index contributed by atoms with van der Waals surface area (Å²) in [6.07, 6.45) is 0. The first kappa shape index (κ1) is 20.9. The second-order valence-corrected chi connectivity index (χ2v) is 8.24. The maximum absolute atomic E-state index is 12.8. The normalized spacial score (nSPS) is 11.0. The number of nitro groups is 1. The fraction of sp³-hybridized carbons (Fsp3) is 0. The molecule has 0 radical (unpaired) electrons. The highest BCUT2D eigenvalue weighted by molar-refractivity contribution is 7.92. The minimum absolute atomic E-state index is 0.127. The Morgan fingerprint density at radius 2 is 1.53 bits per heavy atom. The van der Waals surface area contributed by atoms with Crippen LogP contribution in [-0.2, 0) is 10.0 Å². The molecular formula is C22H16N4O5S. The number of sulfonamides is 1. The first-order valence-corrected chi connectivity index (χ1v) is 10.8. The monoisotopic (exact) mass is 448 g/mol. The lowest BCUT2D eigenvalue weighted by atomic mass is 10.1. The van der Waals surface area contributed by atoms with E-state index in [1.807, 2.05) is 36.4 Å². The summed E-state index contributed by atoms with van der Waals surface area (Å²) >= 11 is 0. The molecule has 0 atom stereocenters. The molecule has 0 aliphatic heterocycles. The molecule has 0 bridgehead atoms. The number of ether oxygens (including phenoxy) is 1. The largest absolute Gasteiger partial charge is 0.439 e. The van der Waals surface area contributed by atoms with Crippen LogP contribution in [-0.4, -0.2) is 23.3 Å². The van der Waals surface area contributed by atoms with Crippen LogP contribution in [0.5, 0.6) is 11.6 Å². The number of nitro benzene ring substituents is 1. The maximum atomic E-state index is 12.8. The Morgan fingerprint density at radius 3 is 2.22 bits per heavy atom. The standard InChI is InChI=1S/C22H16N4O5S/c27-26(28)17-10-7-13-19(14-17)32(29,30)25-22-23-20(16-8-3-1-4-9-16)15-21(24-22)31-18-11-5-2-6-12-18/h1-15H,(H,23,24,25). The Bertz CT molecular complexity index is 1360. The molecule has 0 saturated heterocycles. The van der Waals surface area contributed by atoms with E-state index in [1.165, 1.54) is 18.2 Å². The van der Waals surface area contributed by atoms with Gasteiger partial charge in [-0.15, -0.1) is 0 Å². The Balaban J connectivity index is 1.73. The molecule has 1 heterocycles. The van der Waals surface area contributed by atoms with Gasteiger partial charge in [-0.2, -0.15) is 4.98 Å². The third-order valence-corrected chi connectivity index (χ3v) is 5.63. The van der Waals surface area contributed by atoms with E-state index in [0.29, 0.717) is 11.4 Å². The van der Waals surface area contributed by atoms with Crippen LogP contribution < -0.4 is 9.46 Å². The highest BCUT2D eigenvalue weighted by Crippen LogP contribution is 2.27. The van der Waals surface area contributed by atoms with Crippen molar-refractivity contribution in [3.63, 3.8) is 0 Å². The number of nitrogens with zero attached hydrogens (tertiary/aromatic N) is 3. The average Bonchev–Trinajstić information content (AvgIpc) is 2.80. The summed E-state index contributed by atoms with van der Waals surface area (Å²) in [6.45, 7) is 0. The van der Waals surface area contributed by atoms with Crippen LogP contribution >= 0.6 is 0 Å². The van der Waals surface area contributed by atoms with Crippen LogP contribution in [0.15, 0.2) is 95.9 Å². The van der Waals surface area contributed by atoms with Crippen LogP contribution in [0.2, 0.25) is 0 Å². The summed E-state index contributed by atoms with van der Waals surface area (Å²) < 4.78 is 33.7. The van der Waals surface area contributed by atoms with Gasteiger partial charge in [-0.1, -0.05) is 54.6 Å². The number of rotatable bonds is 7. The van der Waals surface area contributed by atoms with Crippen LogP contribution in [0.3, 0.4) is 0 Å². The summed E-state index contributed by atoms with van der Waals surface area (Å²) in [7, 11) is -4.19. The second kappa shape index (κ2) is 8.82. The molecule has 4 aromatic rings. The lowest BCUT2D eigenvalue weighted by molar-refractivity contribution is -0.385. The first-order valence-electron chi connectivity index (χ1n) is 9.35. The van der Waals surface area contributed by atoms with Crippen molar-refractivity contribution in [2.75, 3.05) is 4.72 Å². The summed E-state index contributed by atoms with van der Waals surface area (Å²) in [5.41, 5.74) is 0.812. The van der Waals surface area contributed by atoms with E-state index in [0.717, 1.165) is 11.6 Å². The summed E-state index contributed by atoms with van der Waals surface area (Å²) in [5, 5.41) is 11.0. The van der Waals surface area contributed by atoms with Crippen molar-refractivity contribution in [2.45, 2.75) is 4.90 Å². The van der Waals surface area contributed by atoms with Crippen LogP contribution in [0, 0.1) is 10.1 Å². The Labute approximate surface area is 183 Å². The third kappa shape index (κ3) is 4.87. The van der Waals surface area contributed by atoms with Gasteiger partial charge in [0.05, 0.1) is 15.5 Å². The SMILES string of the molecule is O=[N+]([O-])c1cccc(S(=O)(=O)Nc2nc(Oc3ccccc3)cc(-c3ccccc3)n2)c1. The Hall–Kier alpha value is -4.31. The van der Waals surface area contributed by atoms with E-state index in [9.17, 15) is 18.5 Å². The fourth-order valence-electron chi connectivity index (χ4n) is 2.83. The van der Waals surface area contributed by atoms with Crippen molar-refractivity contribution in [2.24, 2.45) is 0 Å². The zero-order chi connectivity index (χ0) is 22.6. The second-order valence-electron chi connectivity index (χ2n) is 6.56. The molecule has 1 N–H and O–H groups in total. The molecule has 4 rings (SSSR count). The van der Waals surface area contributed by atoms with Crippen molar-refractivity contribution < 1.29 is 18.1 Å². The van der Waals surface area contributed by atoms with Gasteiger partial charge >= 0.3 is 0 Å². The third-order valence-electron chi connectivity index (χ3n) is 4.30. The van der Waals surface area contributed by atoms with Crippen molar-refractivity contribution in [1.82, 2.24) is 9.97 Å². The maximum Gasteiger partial charge on any atom is 0.270 e. The molecule has 9 nitrogen and oxygen atoms in total. The van der Waals surface area contributed by atoms with Gasteiger partial charge in [0.15, 0.2) is 0 Å². The summed E-state index contributed by atoms with van der Waals surface area (Å²) in [6, 6.07) is 24.3. The zero-order valence-corrected chi connectivity index (χ0v) is 17.3. The molecule has 0 fully saturated rings. The zero-order valence-electron chi connectivity index (χ0n) is 16.5. The van der Waals surface area contributed by atoms with Crippen molar-refractivity contribution >= 4 is 21.7 Å². The van der Waals surface area contributed by atoms with Gasteiger partial charge in [-0.05, 0) is 18.2 Å². The number of non-ortho nitro benzene ring substituents is 1. The van der Waals surface area contributed by atoms with Gasteiger partial charge in [0.1, 0.15) is 5.75 Å². The molecule has 0 unspecified atom stereocenters. The fourth-order valence-corrected chi connectivity index (χ4v) is 3.82. The van der Waals surface area contributed by atoms with Crippen molar-refractivity contribution in [3.05, 3.63) is 101 Å². The molecule has 160 valence electrons. The predicted octanol–water partition coefficient (Wildman–Crippen LogP) is 4.64. The highest BCUT2D eigenvalue weighted by atomic mass is 32.2. The van der Waals surface area contributed by atoms with E-state index in [4.69, 9.17) is 4.74 Å². The van der Waals surface area contributed by atoms with Crippen LogP contribution in [0.1, 0.15) is 0 Å². The Morgan fingerprint density at radius 1 is 0.844 bits per heavy atom. The molecule has 0 saturated carbocycles. The average molecular weight is 448 g/mol. The molecule has 1 aromatic heterocycles.